The largest absolute Gasteiger partial charge is 0.198 e. The molecule has 30 heavy (non-hydrogen) atoms. The molecule has 0 radical (unpaired) electrons. The third-order valence-electron chi connectivity index (χ3n) is 10.5. The molecule has 1 nitrogen and oxygen atoms in total. The molecule has 4 rings (SSSR count). The second kappa shape index (κ2) is 10.4. The van der Waals surface area contributed by atoms with Crippen molar-refractivity contribution in [3.05, 3.63) is 0 Å². The van der Waals surface area contributed by atoms with Crippen LogP contribution in [0.2, 0.25) is 0 Å². The fourth-order valence-corrected chi connectivity index (χ4v) is 9.07. The van der Waals surface area contributed by atoms with Gasteiger partial charge in [0.2, 0.25) is 0 Å². The van der Waals surface area contributed by atoms with Crippen LogP contribution in [0.4, 0.5) is 0 Å². The first-order chi connectivity index (χ1) is 14.7. The summed E-state index contributed by atoms with van der Waals surface area (Å²) in [4.78, 5) is 0. The zero-order chi connectivity index (χ0) is 21.0. The van der Waals surface area contributed by atoms with E-state index in [4.69, 9.17) is 0 Å². The van der Waals surface area contributed by atoms with Gasteiger partial charge in [-0.2, -0.15) is 5.26 Å². The molecule has 0 saturated heterocycles. The lowest BCUT2D eigenvalue weighted by molar-refractivity contribution is -0.0718. The zero-order valence-electron chi connectivity index (χ0n) is 20.2. The summed E-state index contributed by atoms with van der Waals surface area (Å²) in [6.07, 6.45) is 25.3. The van der Waals surface area contributed by atoms with E-state index in [-0.39, 0.29) is 5.41 Å². The van der Waals surface area contributed by atoms with Crippen LogP contribution in [-0.2, 0) is 0 Å². The Hall–Kier alpha value is -0.510. The van der Waals surface area contributed by atoms with Crippen molar-refractivity contribution in [1.82, 2.24) is 0 Å². The van der Waals surface area contributed by atoms with Crippen LogP contribution in [0.3, 0.4) is 0 Å². The van der Waals surface area contributed by atoms with Crippen molar-refractivity contribution >= 4 is 0 Å². The Morgan fingerprint density at radius 3 is 2.27 bits per heavy atom. The number of hydrogen-bond donors (Lipinski definition) is 0. The highest BCUT2D eigenvalue weighted by molar-refractivity contribution is 5.07. The lowest BCUT2D eigenvalue weighted by Gasteiger charge is -2.57. The summed E-state index contributed by atoms with van der Waals surface area (Å²) in [7, 11) is 0. The molecule has 0 bridgehead atoms. The summed E-state index contributed by atoms with van der Waals surface area (Å²) in [5, 5.41) is 10.1. The van der Waals surface area contributed by atoms with Gasteiger partial charge in [0.25, 0.3) is 0 Å². The second-order valence-corrected chi connectivity index (χ2v) is 12.0. The minimum Gasteiger partial charge on any atom is -0.198 e. The van der Waals surface area contributed by atoms with Gasteiger partial charge >= 0.3 is 0 Å². The molecule has 0 heterocycles. The van der Waals surface area contributed by atoms with Gasteiger partial charge in [0.1, 0.15) is 0 Å². The molecule has 0 spiro atoms. The van der Waals surface area contributed by atoms with Crippen LogP contribution < -0.4 is 0 Å². The van der Waals surface area contributed by atoms with Crippen molar-refractivity contribution in [2.75, 3.05) is 0 Å². The number of hydrogen-bond acceptors (Lipinski definition) is 1. The summed E-state index contributed by atoms with van der Waals surface area (Å²) in [6, 6.07) is 2.87. The first-order valence-electron chi connectivity index (χ1n) is 14.1. The van der Waals surface area contributed by atoms with Crippen molar-refractivity contribution in [2.45, 2.75) is 129 Å². The molecule has 4 fully saturated rings. The van der Waals surface area contributed by atoms with E-state index in [1.165, 1.54) is 103 Å². The third-order valence-corrected chi connectivity index (χ3v) is 10.5. The summed E-state index contributed by atoms with van der Waals surface area (Å²) < 4.78 is 0. The van der Waals surface area contributed by atoms with Gasteiger partial charge in [-0.1, -0.05) is 71.6 Å². The van der Waals surface area contributed by atoms with Crippen LogP contribution in [-0.4, -0.2) is 0 Å². The molecule has 170 valence electrons. The number of fused-ring (bicyclic) bond motifs is 5. The molecule has 1 heteroatoms. The minimum absolute atomic E-state index is 0.0367. The Bertz CT molecular complexity index is 575. The molecule has 0 aliphatic heterocycles. The van der Waals surface area contributed by atoms with Gasteiger partial charge < -0.3 is 0 Å². The third kappa shape index (κ3) is 4.64. The van der Waals surface area contributed by atoms with Gasteiger partial charge in [-0.25, -0.2) is 0 Å². The number of unbranched alkanes of at least 4 members (excludes halogenated alkanes) is 4. The fourth-order valence-electron chi connectivity index (χ4n) is 9.07. The van der Waals surface area contributed by atoms with E-state index >= 15 is 0 Å². The van der Waals surface area contributed by atoms with Gasteiger partial charge in [-0.3, -0.25) is 0 Å². The van der Waals surface area contributed by atoms with Crippen LogP contribution in [0.1, 0.15) is 129 Å². The molecule has 0 aromatic rings. The maximum atomic E-state index is 10.1. The average Bonchev–Trinajstić information content (AvgIpc) is 2.79. The molecule has 0 amide bonds. The molecule has 0 aromatic carbocycles. The quantitative estimate of drug-likeness (QED) is 0.366. The van der Waals surface area contributed by atoms with Crippen LogP contribution in [0, 0.1) is 58.2 Å². The first kappa shape index (κ1) is 22.7. The molecule has 4 aliphatic rings. The van der Waals surface area contributed by atoms with E-state index < -0.39 is 0 Å². The zero-order valence-corrected chi connectivity index (χ0v) is 20.2. The summed E-state index contributed by atoms with van der Waals surface area (Å²) in [6.45, 7) is 4.66. The Morgan fingerprint density at radius 2 is 1.47 bits per heavy atom. The summed E-state index contributed by atoms with van der Waals surface area (Å²) in [5.74, 6) is 7.11. The van der Waals surface area contributed by atoms with E-state index in [9.17, 15) is 5.26 Å². The normalized spacial score (nSPS) is 43.2. The van der Waals surface area contributed by atoms with Crippen LogP contribution in [0.15, 0.2) is 0 Å². The molecule has 8 atom stereocenters. The van der Waals surface area contributed by atoms with E-state index in [0.717, 1.165) is 41.4 Å². The topological polar surface area (TPSA) is 23.8 Å². The standard InChI is InChI=1S/C29H49N/c1-3-5-7-8-18-29(21-30)19-17-25-23(20-29)13-14-28-26-12-9-11-22(10-6-4-2)24(26)15-16-27(25)28/h22-28H,3-20H2,1-2H3/t22-,23?,24?,25?,26?,27?,28?,29-/m0/s1. The van der Waals surface area contributed by atoms with Gasteiger partial charge in [0.15, 0.2) is 0 Å². The molecular formula is C29H49N. The van der Waals surface area contributed by atoms with E-state index in [0.29, 0.717) is 0 Å². The Morgan fingerprint density at radius 1 is 0.733 bits per heavy atom. The maximum Gasteiger partial charge on any atom is 0.0689 e. The molecule has 0 aromatic heterocycles. The SMILES string of the molecule is CCCCCC[C@]1(C#N)CCC2C(CCC3C2CCC2C3CCC[C@@H]2CCCC)C1. The van der Waals surface area contributed by atoms with E-state index in [1.807, 2.05) is 0 Å². The van der Waals surface area contributed by atoms with E-state index in [2.05, 4.69) is 19.9 Å². The predicted octanol–water partition coefficient (Wildman–Crippen LogP) is 8.93. The van der Waals surface area contributed by atoms with Crippen LogP contribution >= 0.6 is 0 Å². The van der Waals surface area contributed by atoms with Crippen molar-refractivity contribution in [3.8, 4) is 6.07 Å². The minimum atomic E-state index is 0.0367. The maximum absolute atomic E-state index is 10.1. The van der Waals surface area contributed by atoms with Crippen LogP contribution in [0.25, 0.3) is 0 Å². The van der Waals surface area contributed by atoms with Gasteiger partial charge in [0, 0.05) is 0 Å². The second-order valence-electron chi connectivity index (χ2n) is 12.0. The highest BCUT2D eigenvalue weighted by atomic mass is 14.6. The first-order valence-corrected chi connectivity index (χ1v) is 14.1. The highest BCUT2D eigenvalue weighted by Gasteiger charge is 2.52. The van der Waals surface area contributed by atoms with Crippen molar-refractivity contribution in [1.29, 1.82) is 5.26 Å². The summed E-state index contributed by atoms with van der Waals surface area (Å²) in [5.41, 5.74) is 0.0367. The van der Waals surface area contributed by atoms with Crippen molar-refractivity contribution in [3.63, 3.8) is 0 Å². The number of rotatable bonds is 8. The molecule has 0 N–H and O–H groups in total. The number of nitriles is 1. The fraction of sp³-hybridized carbons (Fsp3) is 0.966. The molecular weight excluding hydrogens is 362 g/mol. The molecule has 4 aliphatic carbocycles. The molecule has 4 saturated carbocycles. The van der Waals surface area contributed by atoms with Gasteiger partial charge in [-0.05, 0) is 99.2 Å². The van der Waals surface area contributed by atoms with Crippen LogP contribution in [0.5, 0.6) is 0 Å². The van der Waals surface area contributed by atoms with Gasteiger partial charge in [-0.15, -0.1) is 0 Å². The average molecular weight is 412 g/mol. The lowest BCUT2D eigenvalue weighted by atomic mass is 9.48. The Balaban J connectivity index is 1.38. The van der Waals surface area contributed by atoms with E-state index in [1.54, 1.807) is 12.8 Å². The molecule has 6 unspecified atom stereocenters. The predicted molar refractivity (Wildman–Crippen MR) is 127 cm³/mol. The van der Waals surface area contributed by atoms with Crippen molar-refractivity contribution < 1.29 is 0 Å². The monoisotopic (exact) mass is 411 g/mol. The van der Waals surface area contributed by atoms with Gasteiger partial charge in [0.05, 0.1) is 11.5 Å². The Labute approximate surface area is 187 Å². The number of nitrogens with zero attached hydrogens (tertiary/aromatic N) is 1. The lowest BCUT2D eigenvalue weighted by Crippen LogP contribution is -2.49. The summed E-state index contributed by atoms with van der Waals surface area (Å²) >= 11 is 0. The highest BCUT2D eigenvalue weighted by Crippen LogP contribution is 2.60. The van der Waals surface area contributed by atoms with Crippen molar-refractivity contribution in [2.24, 2.45) is 46.8 Å². The Kier molecular flexibility index (Phi) is 7.86. The smallest absolute Gasteiger partial charge is 0.0689 e.